The van der Waals surface area contributed by atoms with Gasteiger partial charge in [0.15, 0.2) is 0 Å². The second-order valence-corrected chi connectivity index (χ2v) is 4.99. The van der Waals surface area contributed by atoms with E-state index in [1.54, 1.807) is 0 Å². The van der Waals surface area contributed by atoms with Gasteiger partial charge in [0.25, 0.3) is 0 Å². The quantitative estimate of drug-likeness (QED) is 0.676. The van der Waals surface area contributed by atoms with Gasteiger partial charge in [-0.25, -0.2) is 0 Å². The maximum Gasteiger partial charge on any atom is 0.307 e. The zero-order valence-electron chi connectivity index (χ0n) is 11.4. The lowest BCUT2D eigenvalue weighted by atomic mass is 10.1. The van der Waals surface area contributed by atoms with Crippen LogP contribution in [0.1, 0.15) is 13.3 Å². The van der Waals surface area contributed by atoms with Crippen LogP contribution in [0.15, 0.2) is 0 Å². The molecule has 1 aliphatic rings. The number of ether oxygens (including phenoxy) is 1. The second kappa shape index (κ2) is 6.93. The molecule has 1 heterocycles. The Hall–Kier alpha value is -0.650. The van der Waals surface area contributed by atoms with Crippen LogP contribution in [0.4, 0.5) is 0 Å². The summed E-state index contributed by atoms with van der Waals surface area (Å²) in [6.07, 6.45) is 0.433. The molecule has 0 aliphatic carbocycles. The highest BCUT2D eigenvalue weighted by Gasteiger charge is 2.22. The van der Waals surface area contributed by atoms with Gasteiger partial charge < -0.3 is 15.0 Å². The first-order valence-electron chi connectivity index (χ1n) is 6.22. The smallest absolute Gasteiger partial charge is 0.307 e. The predicted octanol–water partition coefficient (Wildman–Crippen LogP) is -0.227. The summed E-state index contributed by atoms with van der Waals surface area (Å²) in [6, 6.07) is 0.692. The van der Waals surface area contributed by atoms with E-state index in [0.717, 1.165) is 26.2 Å². The largest absolute Gasteiger partial charge is 0.469 e. The number of methoxy groups -OCH3 is 1. The fourth-order valence-corrected chi connectivity index (χ4v) is 2.06. The maximum atomic E-state index is 11.1. The van der Waals surface area contributed by atoms with Gasteiger partial charge in [-0.1, -0.05) is 0 Å². The summed E-state index contributed by atoms with van der Waals surface area (Å²) in [5.41, 5.74) is 0. The van der Waals surface area contributed by atoms with Crippen LogP contribution in [0, 0.1) is 0 Å². The standard InChI is InChI=1S/C12H25N3O2/c1-10(7-12(16)17-4)13-8-11-9-14(2)5-6-15(11)3/h10-11,13H,5-9H2,1-4H3. The van der Waals surface area contributed by atoms with Gasteiger partial charge in [0.1, 0.15) is 0 Å². The lowest BCUT2D eigenvalue weighted by molar-refractivity contribution is -0.141. The maximum absolute atomic E-state index is 11.1. The number of hydrogen-bond acceptors (Lipinski definition) is 5. The molecule has 17 heavy (non-hydrogen) atoms. The van der Waals surface area contributed by atoms with Crippen molar-refractivity contribution in [1.29, 1.82) is 0 Å². The zero-order chi connectivity index (χ0) is 12.8. The number of carbonyl (C=O) groups excluding carboxylic acids is 1. The van der Waals surface area contributed by atoms with Gasteiger partial charge in [-0.15, -0.1) is 0 Å². The molecule has 0 spiro atoms. The first-order chi connectivity index (χ1) is 8.02. The fourth-order valence-electron chi connectivity index (χ4n) is 2.06. The third kappa shape index (κ3) is 5.02. The summed E-state index contributed by atoms with van der Waals surface area (Å²) in [6.45, 7) is 6.25. The molecule has 1 fully saturated rings. The minimum Gasteiger partial charge on any atom is -0.469 e. The molecule has 100 valence electrons. The Labute approximate surface area is 104 Å². The van der Waals surface area contributed by atoms with Crippen molar-refractivity contribution >= 4 is 5.97 Å². The Kier molecular flexibility index (Phi) is 5.88. The molecule has 0 radical (unpaired) electrons. The number of esters is 1. The van der Waals surface area contributed by atoms with Crippen molar-refractivity contribution in [2.45, 2.75) is 25.4 Å². The van der Waals surface area contributed by atoms with E-state index >= 15 is 0 Å². The van der Waals surface area contributed by atoms with Crippen LogP contribution < -0.4 is 5.32 Å². The topological polar surface area (TPSA) is 44.8 Å². The van der Waals surface area contributed by atoms with Gasteiger partial charge in [0.05, 0.1) is 13.5 Å². The van der Waals surface area contributed by atoms with E-state index in [1.165, 1.54) is 7.11 Å². The zero-order valence-corrected chi connectivity index (χ0v) is 11.4. The van der Waals surface area contributed by atoms with E-state index in [0.29, 0.717) is 12.5 Å². The highest BCUT2D eigenvalue weighted by atomic mass is 16.5. The van der Waals surface area contributed by atoms with Crippen molar-refractivity contribution < 1.29 is 9.53 Å². The lowest BCUT2D eigenvalue weighted by Gasteiger charge is -2.38. The fraction of sp³-hybridized carbons (Fsp3) is 0.917. The molecular weight excluding hydrogens is 218 g/mol. The van der Waals surface area contributed by atoms with Gasteiger partial charge in [-0.3, -0.25) is 9.69 Å². The van der Waals surface area contributed by atoms with Gasteiger partial charge in [-0.05, 0) is 21.0 Å². The van der Waals surface area contributed by atoms with Crippen LogP contribution in [-0.2, 0) is 9.53 Å². The number of carbonyl (C=O) groups is 1. The highest BCUT2D eigenvalue weighted by molar-refractivity contribution is 5.69. The minimum atomic E-state index is -0.154. The molecule has 5 nitrogen and oxygen atoms in total. The molecular formula is C12H25N3O2. The lowest BCUT2D eigenvalue weighted by Crippen LogP contribution is -2.54. The first-order valence-corrected chi connectivity index (χ1v) is 6.22. The average Bonchev–Trinajstić information content (AvgIpc) is 2.30. The molecule has 1 N–H and O–H groups in total. The van der Waals surface area contributed by atoms with Crippen LogP contribution in [0.25, 0.3) is 0 Å². The normalized spacial score (nSPS) is 24.6. The number of hydrogen-bond donors (Lipinski definition) is 1. The number of piperazine rings is 1. The Morgan fingerprint density at radius 1 is 1.47 bits per heavy atom. The van der Waals surface area contributed by atoms with E-state index in [-0.39, 0.29) is 12.0 Å². The molecule has 1 rings (SSSR count). The van der Waals surface area contributed by atoms with Crippen molar-refractivity contribution in [3.05, 3.63) is 0 Å². The molecule has 0 bridgehead atoms. The van der Waals surface area contributed by atoms with Crippen LogP contribution in [0.3, 0.4) is 0 Å². The third-order valence-electron chi connectivity index (χ3n) is 3.38. The van der Waals surface area contributed by atoms with Crippen molar-refractivity contribution in [1.82, 2.24) is 15.1 Å². The summed E-state index contributed by atoms with van der Waals surface area (Å²) >= 11 is 0. The molecule has 2 atom stereocenters. The molecule has 0 amide bonds. The van der Waals surface area contributed by atoms with Gasteiger partial charge in [0.2, 0.25) is 0 Å². The Balaban J connectivity index is 2.26. The van der Waals surface area contributed by atoms with Gasteiger partial charge >= 0.3 is 5.97 Å². The molecule has 0 aromatic heterocycles. The Morgan fingerprint density at radius 3 is 2.82 bits per heavy atom. The third-order valence-corrected chi connectivity index (χ3v) is 3.38. The Bertz CT molecular complexity index is 248. The second-order valence-electron chi connectivity index (χ2n) is 4.99. The molecule has 1 saturated heterocycles. The van der Waals surface area contributed by atoms with Crippen LogP contribution >= 0.6 is 0 Å². The van der Waals surface area contributed by atoms with Crippen LogP contribution in [-0.4, -0.2) is 75.2 Å². The van der Waals surface area contributed by atoms with Gasteiger partial charge in [0, 0.05) is 38.3 Å². The first kappa shape index (κ1) is 14.4. The van der Waals surface area contributed by atoms with Crippen LogP contribution in [0.2, 0.25) is 0 Å². The van der Waals surface area contributed by atoms with Gasteiger partial charge in [-0.2, -0.15) is 0 Å². The van der Waals surface area contributed by atoms with E-state index in [1.807, 2.05) is 6.92 Å². The van der Waals surface area contributed by atoms with Crippen molar-refractivity contribution in [3.63, 3.8) is 0 Å². The van der Waals surface area contributed by atoms with E-state index < -0.39 is 0 Å². The molecule has 0 aromatic carbocycles. The van der Waals surface area contributed by atoms with E-state index in [4.69, 9.17) is 0 Å². The summed E-state index contributed by atoms with van der Waals surface area (Å²) < 4.78 is 4.65. The molecule has 1 aliphatic heterocycles. The van der Waals surface area contributed by atoms with Crippen molar-refractivity contribution in [2.24, 2.45) is 0 Å². The van der Waals surface area contributed by atoms with Crippen molar-refractivity contribution in [2.75, 3.05) is 47.4 Å². The monoisotopic (exact) mass is 243 g/mol. The van der Waals surface area contributed by atoms with E-state index in [2.05, 4.69) is 33.9 Å². The summed E-state index contributed by atoms with van der Waals surface area (Å²) in [5.74, 6) is -0.154. The van der Waals surface area contributed by atoms with Crippen molar-refractivity contribution in [3.8, 4) is 0 Å². The number of nitrogens with zero attached hydrogens (tertiary/aromatic N) is 2. The minimum absolute atomic E-state index is 0.154. The summed E-state index contributed by atoms with van der Waals surface area (Å²) in [7, 11) is 5.74. The summed E-state index contributed by atoms with van der Waals surface area (Å²) in [5, 5.41) is 3.40. The predicted molar refractivity (Wildman–Crippen MR) is 68.0 cm³/mol. The average molecular weight is 243 g/mol. The molecule has 0 aromatic rings. The Morgan fingerprint density at radius 2 is 2.18 bits per heavy atom. The number of likely N-dealkylation sites (N-methyl/N-ethyl adjacent to an activating group) is 2. The molecule has 5 heteroatoms. The van der Waals surface area contributed by atoms with E-state index in [9.17, 15) is 4.79 Å². The molecule has 2 unspecified atom stereocenters. The summed E-state index contributed by atoms with van der Waals surface area (Å²) in [4.78, 5) is 15.8. The number of rotatable bonds is 5. The molecule has 0 saturated carbocycles. The highest BCUT2D eigenvalue weighted by Crippen LogP contribution is 2.05. The number of nitrogens with one attached hydrogen (secondary N) is 1. The SMILES string of the molecule is COC(=O)CC(C)NCC1CN(C)CCN1C. The van der Waals surface area contributed by atoms with Crippen LogP contribution in [0.5, 0.6) is 0 Å².